The molecule has 12 aromatic rings. The van der Waals surface area contributed by atoms with Crippen molar-refractivity contribution in [3.05, 3.63) is 188 Å². The van der Waals surface area contributed by atoms with E-state index in [1.165, 1.54) is 73.0 Å². The fourth-order valence-electron chi connectivity index (χ4n) is 8.63. The minimum Gasteiger partial charge on any atom is -0.208 e. The summed E-state index contributed by atoms with van der Waals surface area (Å²) >= 11 is 3.59. The standard InChI is InChI=1S/C53H31N3S2/c1-2-14-32(15-3-1)33-28-29-34-31-46(36-17-5-4-16-35(36)45(34)30-33)37-18-6-7-21-42(37)51-54-52(43-24-12-22-40-38-19-8-10-26-47(38)57-49(40)43)56-53(55-51)44-25-13-23-41-39-20-9-11-27-48(39)58-50(41)44/h1-31H. The van der Waals surface area contributed by atoms with Gasteiger partial charge < -0.3 is 0 Å². The van der Waals surface area contributed by atoms with E-state index in [4.69, 9.17) is 15.0 Å². The summed E-state index contributed by atoms with van der Waals surface area (Å²) in [5.74, 6) is 1.99. The molecule has 3 nitrogen and oxygen atoms in total. The predicted molar refractivity (Wildman–Crippen MR) is 248 cm³/mol. The quantitative estimate of drug-likeness (QED) is 0.164. The summed E-state index contributed by atoms with van der Waals surface area (Å²) in [4.78, 5) is 16.2. The lowest BCUT2D eigenvalue weighted by Gasteiger charge is -2.16. The van der Waals surface area contributed by atoms with Crippen molar-refractivity contribution < 1.29 is 0 Å². The number of aromatic nitrogens is 3. The van der Waals surface area contributed by atoms with Gasteiger partial charge in [-0.3, -0.25) is 0 Å². The minimum atomic E-state index is 0.649. The molecule has 0 aliphatic rings. The van der Waals surface area contributed by atoms with Crippen molar-refractivity contribution in [1.29, 1.82) is 0 Å². The van der Waals surface area contributed by atoms with Gasteiger partial charge in [0, 0.05) is 57.0 Å². The van der Waals surface area contributed by atoms with Crippen molar-refractivity contribution in [2.24, 2.45) is 0 Å². The Kier molecular flexibility index (Phi) is 7.58. The molecule has 58 heavy (non-hydrogen) atoms. The van der Waals surface area contributed by atoms with Gasteiger partial charge in [0.05, 0.1) is 0 Å². The van der Waals surface area contributed by atoms with E-state index in [2.05, 4.69) is 188 Å². The fraction of sp³-hybridized carbons (Fsp3) is 0. The molecule has 0 bridgehead atoms. The number of thiophene rings is 2. The third-order valence-electron chi connectivity index (χ3n) is 11.4. The average molecular weight is 774 g/mol. The highest BCUT2D eigenvalue weighted by Crippen LogP contribution is 2.44. The van der Waals surface area contributed by atoms with Gasteiger partial charge in [-0.2, -0.15) is 0 Å². The van der Waals surface area contributed by atoms with Crippen LogP contribution in [0.3, 0.4) is 0 Å². The molecular weight excluding hydrogens is 743 g/mol. The first-order valence-corrected chi connectivity index (χ1v) is 21.1. The lowest BCUT2D eigenvalue weighted by atomic mass is 9.89. The number of nitrogens with zero attached hydrogens (tertiary/aromatic N) is 3. The normalized spacial score (nSPS) is 11.8. The van der Waals surface area contributed by atoms with E-state index in [0.29, 0.717) is 17.5 Å². The fourth-order valence-corrected chi connectivity index (χ4v) is 11.1. The van der Waals surface area contributed by atoms with Crippen LogP contribution in [0.1, 0.15) is 0 Å². The van der Waals surface area contributed by atoms with E-state index >= 15 is 0 Å². The monoisotopic (exact) mass is 773 g/mol. The molecule has 9 aromatic carbocycles. The van der Waals surface area contributed by atoms with E-state index in [1.54, 1.807) is 22.7 Å². The van der Waals surface area contributed by atoms with Crippen LogP contribution in [0.4, 0.5) is 0 Å². The second kappa shape index (κ2) is 13.3. The summed E-state index contributed by atoms with van der Waals surface area (Å²) in [6, 6.07) is 67.4. The number of hydrogen-bond acceptors (Lipinski definition) is 5. The summed E-state index contributed by atoms with van der Waals surface area (Å²) in [6.45, 7) is 0. The van der Waals surface area contributed by atoms with Crippen LogP contribution < -0.4 is 0 Å². The number of hydrogen-bond donors (Lipinski definition) is 0. The van der Waals surface area contributed by atoms with Crippen molar-refractivity contribution in [3.63, 3.8) is 0 Å². The Morgan fingerprint density at radius 3 is 1.40 bits per heavy atom. The van der Waals surface area contributed by atoms with Crippen LogP contribution in [0.15, 0.2) is 188 Å². The topological polar surface area (TPSA) is 38.7 Å². The molecule has 0 spiro atoms. The lowest BCUT2D eigenvalue weighted by Crippen LogP contribution is -2.01. The molecule has 0 aliphatic heterocycles. The van der Waals surface area contributed by atoms with Gasteiger partial charge in [0.2, 0.25) is 0 Å². The first kappa shape index (κ1) is 33.1. The smallest absolute Gasteiger partial charge is 0.165 e. The number of rotatable bonds is 5. The maximum atomic E-state index is 5.40. The molecule has 0 radical (unpaired) electrons. The summed E-state index contributed by atoms with van der Waals surface area (Å²) < 4.78 is 4.85. The Morgan fingerprint density at radius 2 is 0.759 bits per heavy atom. The molecule has 0 amide bonds. The third-order valence-corrected chi connectivity index (χ3v) is 13.8. The van der Waals surface area contributed by atoms with E-state index in [0.717, 1.165) is 27.8 Å². The Hall–Kier alpha value is -7.05. The third kappa shape index (κ3) is 5.28. The first-order valence-electron chi connectivity index (χ1n) is 19.4. The van der Waals surface area contributed by atoms with Crippen LogP contribution in [0.2, 0.25) is 0 Å². The van der Waals surface area contributed by atoms with Crippen LogP contribution in [0, 0.1) is 0 Å². The highest BCUT2D eigenvalue weighted by atomic mass is 32.1. The molecule has 3 aromatic heterocycles. The van der Waals surface area contributed by atoms with Crippen LogP contribution >= 0.6 is 22.7 Å². The number of fused-ring (bicyclic) bond motifs is 9. The highest BCUT2D eigenvalue weighted by molar-refractivity contribution is 7.26. The van der Waals surface area contributed by atoms with Crippen LogP contribution in [0.25, 0.3) is 118 Å². The molecule has 0 saturated carbocycles. The van der Waals surface area contributed by atoms with E-state index in [1.807, 2.05) is 0 Å². The largest absolute Gasteiger partial charge is 0.208 e. The Morgan fingerprint density at radius 1 is 0.276 bits per heavy atom. The van der Waals surface area contributed by atoms with Crippen LogP contribution in [-0.2, 0) is 0 Å². The second-order valence-corrected chi connectivity index (χ2v) is 16.8. The first-order chi connectivity index (χ1) is 28.7. The molecule has 0 saturated heterocycles. The molecule has 12 rings (SSSR count). The van der Waals surface area contributed by atoms with Crippen LogP contribution in [-0.4, -0.2) is 15.0 Å². The van der Waals surface area contributed by atoms with Gasteiger partial charge in [0.1, 0.15) is 0 Å². The molecule has 0 atom stereocenters. The molecule has 0 fully saturated rings. The van der Waals surface area contributed by atoms with Crippen molar-refractivity contribution >= 4 is 84.6 Å². The Bertz CT molecular complexity index is 3450. The molecule has 3 heterocycles. The van der Waals surface area contributed by atoms with Gasteiger partial charge >= 0.3 is 0 Å². The second-order valence-electron chi connectivity index (χ2n) is 14.7. The van der Waals surface area contributed by atoms with Crippen LogP contribution in [0.5, 0.6) is 0 Å². The minimum absolute atomic E-state index is 0.649. The molecular formula is C53H31N3S2. The van der Waals surface area contributed by atoms with E-state index in [9.17, 15) is 0 Å². The van der Waals surface area contributed by atoms with Gasteiger partial charge in [-0.05, 0) is 80.2 Å². The zero-order valence-corrected chi connectivity index (χ0v) is 32.7. The van der Waals surface area contributed by atoms with Gasteiger partial charge in [0.25, 0.3) is 0 Å². The Balaban J connectivity index is 1.11. The summed E-state index contributed by atoms with van der Waals surface area (Å²) in [7, 11) is 0. The maximum Gasteiger partial charge on any atom is 0.165 e. The predicted octanol–water partition coefficient (Wildman–Crippen LogP) is 15.2. The average Bonchev–Trinajstić information content (AvgIpc) is 3.88. The molecule has 0 unspecified atom stereocenters. The van der Waals surface area contributed by atoms with E-state index < -0.39 is 0 Å². The van der Waals surface area contributed by atoms with Gasteiger partial charge in [-0.15, -0.1) is 22.7 Å². The zero-order valence-electron chi connectivity index (χ0n) is 31.1. The number of benzene rings is 9. The molecule has 5 heteroatoms. The summed E-state index contributed by atoms with van der Waals surface area (Å²) in [5.41, 5.74) is 7.62. The Labute approximate surface area is 342 Å². The van der Waals surface area contributed by atoms with Crippen molar-refractivity contribution in [1.82, 2.24) is 15.0 Å². The summed E-state index contributed by atoms with van der Waals surface area (Å²) in [5, 5.41) is 9.75. The van der Waals surface area contributed by atoms with E-state index in [-0.39, 0.29) is 0 Å². The molecule has 270 valence electrons. The van der Waals surface area contributed by atoms with Crippen molar-refractivity contribution in [2.45, 2.75) is 0 Å². The highest BCUT2D eigenvalue weighted by Gasteiger charge is 2.21. The lowest BCUT2D eigenvalue weighted by molar-refractivity contribution is 1.08. The zero-order chi connectivity index (χ0) is 38.2. The van der Waals surface area contributed by atoms with Gasteiger partial charge in [0.15, 0.2) is 17.5 Å². The van der Waals surface area contributed by atoms with Gasteiger partial charge in [-0.1, -0.05) is 152 Å². The molecule has 0 N–H and O–H groups in total. The van der Waals surface area contributed by atoms with Crippen molar-refractivity contribution in [2.75, 3.05) is 0 Å². The van der Waals surface area contributed by atoms with Crippen molar-refractivity contribution in [3.8, 4) is 56.4 Å². The SMILES string of the molecule is c1ccc(-c2ccc3cc(-c4ccccc4-c4nc(-c5cccc6c5sc5ccccc56)nc(-c5cccc6c5sc5ccccc56)n4)c4ccccc4c3c2)cc1. The van der Waals surface area contributed by atoms with Gasteiger partial charge in [-0.25, -0.2) is 15.0 Å². The summed E-state index contributed by atoms with van der Waals surface area (Å²) in [6.07, 6.45) is 0. The maximum absolute atomic E-state index is 5.40. The molecule has 0 aliphatic carbocycles.